The van der Waals surface area contributed by atoms with Gasteiger partial charge in [-0.2, -0.15) is 0 Å². The lowest BCUT2D eigenvalue weighted by Gasteiger charge is -2.07. The van der Waals surface area contributed by atoms with Gasteiger partial charge in [-0.3, -0.25) is 0 Å². The molecule has 0 heterocycles. The van der Waals surface area contributed by atoms with Crippen LogP contribution in [0.1, 0.15) is 31.7 Å². The van der Waals surface area contributed by atoms with Crippen LogP contribution < -0.4 is 0 Å². The Hall–Kier alpha value is -1.47. The number of rotatable bonds is 17. The van der Waals surface area contributed by atoms with Crippen LogP contribution in [0.5, 0.6) is 0 Å². The Morgan fingerprint density at radius 1 is 0.769 bits per heavy atom. The summed E-state index contributed by atoms with van der Waals surface area (Å²) < 4.78 is 26.6. The molecular weight excluding hydrogens is 336 g/mol. The van der Waals surface area contributed by atoms with Gasteiger partial charge in [0.2, 0.25) is 0 Å². The third-order valence-electron chi connectivity index (χ3n) is 3.37. The second kappa shape index (κ2) is 17.0. The summed E-state index contributed by atoms with van der Waals surface area (Å²) in [5.74, 6) is -0.323. The molecule has 0 radical (unpaired) electrons. The minimum absolute atomic E-state index is 0.0107. The Bertz CT molecular complexity index is 437. The smallest absolute Gasteiger partial charge is 0.332 e. The maximum Gasteiger partial charge on any atom is 0.332 e. The molecule has 0 amide bonds. The van der Waals surface area contributed by atoms with Crippen LogP contribution in [-0.4, -0.2) is 58.8 Å². The molecular formula is C20H32O6. The number of carbonyl (C=O) groups excluding carboxylic acids is 1. The van der Waals surface area contributed by atoms with E-state index in [0.29, 0.717) is 52.9 Å². The number of ether oxygens (including phenoxy) is 5. The molecule has 0 fully saturated rings. The van der Waals surface area contributed by atoms with E-state index in [0.717, 1.165) is 19.3 Å². The fourth-order valence-corrected chi connectivity index (χ4v) is 2.12. The van der Waals surface area contributed by atoms with E-state index in [1.807, 2.05) is 18.2 Å². The predicted molar refractivity (Wildman–Crippen MR) is 99.0 cm³/mol. The first kappa shape index (κ1) is 22.6. The first-order valence-electron chi connectivity index (χ1n) is 9.33. The number of esters is 1. The summed E-state index contributed by atoms with van der Waals surface area (Å²) in [5, 5.41) is 0. The number of carbonyl (C=O) groups is 1. The maximum atomic E-state index is 11.0. The zero-order chi connectivity index (χ0) is 18.7. The van der Waals surface area contributed by atoms with Crippen LogP contribution in [0.3, 0.4) is 0 Å². The van der Waals surface area contributed by atoms with E-state index in [1.54, 1.807) is 6.92 Å². The Morgan fingerprint density at radius 3 is 1.88 bits per heavy atom. The van der Waals surface area contributed by atoms with Gasteiger partial charge in [0, 0.05) is 39.6 Å². The highest BCUT2D eigenvalue weighted by molar-refractivity contribution is 5.70. The SMILES string of the molecule is CCOC(=O)COCCCOCCCOCCCOCc1ccccc1. The predicted octanol–water partition coefficient (Wildman–Crippen LogP) is 2.99. The average Bonchev–Trinajstić information content (AvgIpc) is 2.66. The van der Waals surface area contributed by atoms with Crippen LogP contribution in [0.2, 0.25) is 0 Å². The van der Waals surface area contributed by atoms with Gasteiger partial charge >= 0.3 is 5.97 Å². The molecule has 0 aliphatic carbocycles. The quantitative estimate of drug-likeness (QED) is 0.311. The fourth-order valence-electron chi connectivity index (χ4n) is 2.12. The summed E-state index contributed by atoms with van der Waals surface area (Å²) >= 11 is 0. The first-order chi connectivity index (χ1) is 12.8. The van der Waals surface area contributed by atoms with E-state index >= 15 is 0 Å². The van der Waals surface area contributed by atoms with E-state index < -0.39 is 0 Å². The van der Waals surface area contributed by atoms with E-state index in [-0.39, 0.29) is 12.6 Å². The van der Waals surface area contributed by atoms with Gasteiger partial charge in [-0.05, 0) is 31.7 Å². The molecule has 1 aromatic rings. The fraction of sp³-hybridized carbons (Fsp3) is 0.650. The lowest BCUT2D eigenvalue weighted by molar-refractivity contribution is -0.148. The van der Waals surface area contributed by atoms with Gasteiger partial charge in [0.05, 0.1) is 13.2 Å². The molecule has 0 saturated carbocycles. The first-order valence-corrected chi connectivity index (χ1v) is 9.33. The average molecular weight is 368 g/mol. The van der Waals surface area contributed by atoms with Crippen LogP contribution >= 0.6 is 0 Å². The number of benzene rings is 1. The Balaban J connectivity index is 1.72. The highest BCUT2D eigenvalue weighted by atomic mass is 16.6. The van der Waals surface area contributed by atoms with Crippen molar-refractivity contribution in [2.45, 2.75) is 32.8 Å². The van der Waals surface area contributed by atoms with Gasteiger partial charge in [0.25, 0.3) is 0 Å². The van der Waals surface area contributed by atoms with Gasteiger partial charge in [0.15, 0.2) is 0 Å². The van der Waals surface area contributed by atoms with E-state index in [9.17, 15) is 4.79 Å². The molecule has 0 unspecified atom stereocenters. The van der Waals surface area contributed by atoms with Crippen LogP contribution in [0.15, 0.2) is 30.3 Å². The van der Waals surface area contributed by atoms with Crippen molar-refractivity contribution in [3.8, 4) is 0 Å². The molecule has 6 heteroatoms. The van der Waals surface area contributed by atoms with Crippen molar-refractivity contribution < 1.29 is 28.5 Å². The molecule has 0 aliphatic rings. The minimum atomic E-state index is -0.323. The molecule has 26 heavy (non-hydrogen) atoms. The molecule has 6 nitrogen and oxygen atoms in total. The molecule has 1 rings (SSSR count). The Kier molecular flexibility index (Phi) is 14.7. The molecule has 0 saturated heterocycles. The summed E-state index contributed by atoms with van der Waals surface area (Å²) in [6.07, 6.45) is 2.53. The Labute approximate surface area is 156 Å². The van der Waals surface area contributed by atoms with Crippen molar-refractivity contribution in [3.05, 3.63) is 35.9 Å². The standard InChI is InChI=1S/C20H32O6/c1-2-26-20(21)18-25-16-8-14-23-12-6-11-22-13-7-15-24-17-19-9-4-3-5-10-19/h3-5,9-10H,2,6-8,11-18H2,1H3. The van der Waals surface area contributed by atoms with Crippen molar-refractivity contribution in [3.63, 3.8) is 0 Å². The topological polar surface area (TPSA) is 63.2 Å². The third kappa shape index (κ3) is 13.8. The van der Waals surface area contributed by atoms with Gasteiger partial charge in [-0.25, -0.2) is 4.79 Å². The van der Waals surface area contributed by atoms with Crippen molar-refractivity contribution in [2.75, 3.05) is 52.9 Å². The molecule has 148 valence electrons. The number of hydrogen-bond donors (Lipinski definition) is 0. The van der Waals surface area contributed by atoms with Crippen LogP contribution in [0.25, 0.3) is 0 Å². The second-order valence-corrected chi connectivity index (χ2v) is 5.68. The molecule has 0 spiro atoms. The summed E-state index contributed by atoms with van der Waals surface area (Å²) in [6, 6.07) is 10.1. The molecule has 0 aliphatic heterocycles. The van der Waals surface area contributed by atoms with E-state index in [2.05, 4.69) is 12.1 Å². The zero-order valence-electron chi connectivity index (χ0n) is 15.8. The molecule has 1 aromatic carbocycles. The van der Waals surface area contributed by atoms with Gasteiger partial charge in [-0.15, -0.1) is 0 Å². The second-order valence-electron chi connectivity index (χ2n) is 5.68. The summed E-state index contributed by atoms with van der Waals surface area (Å²) in [4.78, 5) is 11.0. The van der Waals surface area contributed by atoms with E-state index in [1.165, 1.54) is 5.56 Å². The largest absolute Gasteiger partial charge is 0.464 e. The zero-order valence-corrected chi connectivity index (χ0v) is 15.8. The van der Waals surface area contributed by atoms with Crippen LogP contribution in [0.4, 0.5) is 0 Å². The van der Waals surface area contributed by atoms with E-state index in [4.69, 9.17) is 23.7 Å². The summed E-state index contributed by atoms with van der Waals surface area (Å²) in [5.41, 5.74) is 1.19. The molecule has 0 N–H and O–H groups in total. The van der Waals surface area contributed by atoms with Crippen LogP contribution in [0, 0.1) is 0 Å². The van der Waals surface area contributed by atoms with Gasteiger partial charge in [0.1, 0.15) is 6.61 Å². The van der Waals surface area contributed by atoms with Gasteiger partial charge < -0.3 is 23.7 Å². The highest BCUT2D eigenvalue weighted by Gasteiger charge is 2.00. The highest BCUT2D eigenvalue weighted by Crippen LogP contribution is 2.00. The summed E-state index contributed by atoms with van der Waals surface area (Å²) in [7, 11) is 0. The van der Waals surface area contributed by atoms with Crippen molar-refractivity contribution in [1.82, 2.24) is 0 Å². The van der Waals surface area contributed by atoms with Crippen molar-refractivity contribution in [1.29, 1.82) is 0 Å². The number of hydrogen-bond acceptors (Lipinski definition) is 6. The molecule has 0 bridgehead atoms. The summed E-state index contributed by atoms with van der Waals surface area (Å²) in [6.45, 7) is 6.71. The monoisotopic (exact) mass is 368 g/mol. The maximum absolute atomic E-state index is 11.0. The van der Waals surface area contributed by atoms with Gasteiger partial charge in [-0.1, -0.05) is 30.3 Å². The molecule has 0 atom stereocenters. The minimum Gasteiger partial charge on any atom is -0.464 e. The van der Waals surface area contributed by atoms with Crippen molar-refractivity contribution in [2.24, 2.45) is 0 Å². The lowest BCUT2D eigenvalue weighted by atomic mass is 10.2. The van der Waals surface area contributed by atoms with Crippen molar-refractivity contribution >= 4 is 5.97 Å². The Morgan fingerprint density at radius 2 is 1.31 bits per heavy atom. The molecule has 0 aromatic heterocycles. The third-order valence-corrected chi connectivity index (χ3v) is 3.37. The lowest BCUT2D eigenvalue weighted by Crippen LogP contribution is -2.13. The van der Waals surface area contributed by atoms with Crippen LogP contribution in [-0.2, 0) is 35.1 Å². The normalized spacial score (nSPS) is 10.8.